The SMILES string of the molecule is Cc1ccc(Cl)cc1N(CC(=O)N(Cc1ccccc1Cl)C(Cc1ccccc1)C(=O)NC(C)(C)C)S(=O)(=O)c1ccccc1. The first-order valence-electron chi connectivity index (χ1n) is 14.5. The van der Waals surface area contributed by atoms with Crippen LogP contribution in [-0.2, 0) is 32.6 Å². The number of anilines is 1. The molecule has 0 saturated heterocycles. The van der Waals surface area contributed by atoms with E-state index in [4.69, 9.17) is 23.2 Å². The summed E-state index contributed by atoms with van der Waals surface area (Å²) in [5, 5.41) is 3.75. The highest BCUT2D eigenvalue weighted by molar-refractivity contribution is 7.92. The van der Waals surface area contributed by atoms with Crippen molar-refractivity contribution >= 4 is 50.7 Å². The smallest absolute Gasteiger partial charge is 0.264 e. The molecule has 1 atom stereocenters. The molecule has 1 N–H and O–H groups in total. The average molecular weight is 667 g/mol. The van der Waals surface area contributed by atoms with Gasteiger partial charge in [0.2, 0.25) is 11.8 Å². The lowest BCUT2D eigenvalue weighted by Gasteiger charge is -2.35. The number of aryl methyl sites for hydroxylation is 1. The van der Waals surface area contributed by atoms with Crippen LogP contribution in [0.25, 0.3) is 0 Å². The number of amides is 2. The molecular weight excluding hydrogens is 629 g/mol. The van der Waals surface area contributed by atoms with Gasteiger partial charge in [-0.1, -0.05) is 96.0 Å². The minimum atomic E-state index is -4.24. The Morgan fingerprint density at radius 2 is 1.44 bits per heavy atom. The first kappa shape index (κ1) is 34.0. The number of nitrogens with zero attached hydrogens (tertiary/aromatic N) is 2. The molecule has 0 aliphatic carbocycles. The fourth-order valence-corrected chi connectivity index (χ4v) is 6.75. The molecule has 0 heterocycles. The minimum Gasteiger partial charge on any atom is -0.350 e. The molecule has 45 heavy (non-hydrogen) atoms. The predicted octanol–water partition coefficient (Wildman–Crippen LogP) is 7.05. The molecule has 2 amide bonds. The summed E-state index contributed by atoms with van der Waals surface area (Å²) in [6.45, 7) is 6.72. The maximum absolute atomic E-state index is 14.6. The van der Waals surface area contributed by atoms with E-state index in [2.05, 4.69) is 5.32 Å². The molecular formula is C35H37Cl2N3O4S. The van der Waals surface area contributed by atoms with Crippen LogP contribution in [0.4, 0.5) is 5.69 Å². The number of carbonyl (C=O) groups is 2. The second-order valence-electron chi connectivity index (χ2n) is 11.8. The monoisotopic (exact) mass is 665 g/mol. The molecule has 0 spiro atoms. The third-order valence-corrected chi connectivity index (χ3v) is 9.50. The van der Waals surface area contributed by atoms with E-state index in [0.29, 0.717) is 21.2 Å². The van der Waals surface area contributed by atoms with Crippen LogP contribution < -0.4 is 9.62 Å². The molecule has 0 aromatic heterocycles. The first-order chi connectivity index (χ1) is 21.3. The molecule has 7 nitrogen and oxygen atoms in total. The Balaban J connectivity index is 1.85. The quantitative estimate of drug-likeness (QED) is 0.186. The third kappa shape index (κ3) is 8.87. The zero-order valence-electron chi connectivity index (χ0n) is 25.7. The Morgan fingerprint density at radius 1 is 0.844 bits per heavy atom. The maximum atomic E-state index is 14.6. The summed E-state index contributed by atoms with van der Waals surface area (Å²) in [6.07, 6.45) is 0.195. The molecule has 4 aromatic rings. The van der Waals surface area contributed by atoms with Gasteiger partial charge in [-0.15, -0.1) is 0 Å². The number of carbonyl (C=O) groups excluding carboxylic acids is 2. The summed E-state index contributed by atoms with van der Waals surface area (Å²) in [4.78, 5) is 30.0. The van der Waals surface area contributed by atoms with Crippen LogP contribution in [0.5, 0.6) is 0 Å². The van der Waals surface area contributed by atoms with Crippen molar-refractivity contribution in [1.82, 2.24) is 10.2 Å². The van der Waals surface area contributed by atoms with Gasteiger partial charge in [-0.3, -0.25) is 13.9 Å². The van der Waals surface area contributed by atoms with Gasteiger partial charge in [-0.25, -0.2) is 8.42 Å². The second kappa shape index (κ2) is 14.5. The van der Waals surface area contributed by atoms with E-state index >= 15 is 0 Å². The van der Waals surface area contributed by atoms with Crippen LogP contribution in [0.15, 0.2) is 108 Å². The molecule has 1 unspecified atom stereocenters. The average Bonchev–Trinajstić information content (AvgIpc) is 2.99. The number of halogens is 2. The molecule has 0 saturated carbocycles. The highest BCUT2D eigenvalue weighted by Gasteiger charge is 2.36. The van der Waals surface area contributed by atoms with Gasteiger partial charge in [0.05, 0.1) is 10.6 Å². The fourth-order valence-electron chi connectivity index (χ4n) is 4.90. The molecule has 0 aliphatic rings. The van der Waals surface area contributed by atoms with Crippen LogP contribution in [0.1, 0.15) is 37.5 Å². The van der Waals surface area contributed by atoms with Gasteiger partial charge in [-0.2, -0.15) is 0 Å². The highest BCUT2D eigenvalue weighted by Crippen LogP contribution is 2.30. The van der Waals surface area contributed by atoms with Crippen molar-refractivity contribution in [2.45, 2.75) is 57.1 Å². The lowest BCUT2D eigenvalue weighted by Crippen LogP contribution is -2.56. The van der Waals surface area contributed by atoms with Gasteiger partial charge >= 0.3 is 0 Å². The van der Waals surface area contributed by atoms with Crippen molar-refractivity contribution in [2.75, 3.05) is 10.8 Å². The number of rotatable bonds is 11. The van der Waals surface area contributed by atoms with Crippen LogP contribution in [-0.4, -0.2) is 43.3 Å². The van der Waals surface area contributed by atoms with Crippen LogP contribution in [0.3, 0.4) is 0 Å². The van der Waals surface area contributed by atoms with E-state index in [0.717, 1.165) is 9.87 Å². The topological polar surface area (TPSA) is 86.8 Å². The van der Waals surface area contributed by atoms with Gasteiger partial charge in [0.25, 0.3) is 10.0 Å². The standard InChI is InChI=1S/C35H37Cl2N3O4S/c1-25-19-20-28(36)22-31(25)40(45(43,44)29-16-9-6-10-17-29)24-33(41)39(23-27-15-11-12-18-30(27)37)32(34(42)38-35(2,3)4)21-26-13-7-5-8-14-26/h5-20,22,32H,21,23-24H2,1-4H3,(H,38,42). The zero-order valence-corrected chi connectivity index (χ0v) is 28.0. The van der Waals surface area contributed by atoms with Crippen LogP contribution in [0, 0.1) is 6.92 Å². The van der Waals surface area contributed by atoms with E-state index in [9.17, 15) is 18.0 Å². The van der Waals surface area contributed by atoms with Gasteiger partial charge in [0.15, 0.2) is 0 Å². The Bertz CT molecular complexity index is 1740. The summed E-state index contributed by atoms with van der Waals surface area (Å²) in [5.74, 6) is -0.957. The molecule has 0 fully saturated rings. The number of hydrogen-bond donors (Lipinski definition) is 1. The molecule has 10 heteroatoms. The maximum Gasteiger partial charge on any atom is 0.264 e. The summed E-state index contributed by atoms with van der Waals surface area (Å²) >= 11 is 12.9. The molecule has 0 aliphatic heterocycles. The zero-order chi connectivity index (χ0) is 32.8. The number of benzene rings is 4. The second-order valence-corrected chi connectivity index (χ2v) is 14.5. The van der Waals surface area contributed by atoms with Crippen molar-refractivity contribution in [3.05, 3.63) is 130 Å². The Hall–Kier alpha value is -3.85. The number of nitrogens with one attached hydrogen (secondary N) is 1. The summed E-state index contributed by atoms with van der Waals surface area (Å²) < 4.78 is 29.4. The van der Waals surface area contributed by atoms with Crippen molar-refractivity contribution in [2.24, 2.45) is 0 Å². The number of hydrogen-bond acceptors (Lipinski definition) is 4. The highest BCUT2D eigenvalue weighted by atomic mass is 35.5. The fraction of sp³-hybridized carbons (Fsp3) is 0.257. The Morgan fingerprint density at radius 3 is 2.07 bits per heavy atom. The lowest BCUT2D eigenvalue weighted by atomic mass is 10.0. The Labute approximate surface area is 275 Å². The Kier molecular flexibility index (Phi) is 11.0. The number of sulfonamides is 1. The molecule has 4 rings (SSSR count). The molecule has 0 radical (unpaired) electrons. The van der Waals surface area contributed by atoms with Crippen molar-refractivity contribution in [3.63, 3.8) is 0 Å². The predicted molar refractivity (Wildman–Crippen MR) is 181 cm³/mol. The van der Waals surface area contributed by atoms with E-state index in [1.165, 1.54) is 23.1 Å². The summed E-state index contributed by atoms with van der Waals surface area (Å²) in [6, 6.07) is 28.2. The lowest BCUT2D eigenvalue weighted by molar-refractivity contribution is -0.140. The van der Waals surface area contributed by atoms with Gasteiger partial charge in [0.1, 0.15) is 12.6 Å². The minimum absolute atomic E-state index is 0.0149. The van der Waals surface area contributed by atoms with E-state index in [-0.39, 0.29) is 29.5 Å². The van der Waals surface area contributed by atoms with Crippen molar-refractivity contribution < 1.29 is 18.0 Å². The van der Waals surface area contributed by atoms with Gasteiger partial charge < -0.3 is 10.2 Å². The van der Waals surface area contributed by atoms with E-state index in [1.807, 2.05) is 51.1 Å². The van der Waals surface area contributed by atoms with E-state index in [1.54, 1.807) is 61.5 Å². The largest absolute Gasteiger partial charge is 0.350 e. The molecule has 236 valence electrons. The van der Waals surface area contributed by atoms with Crippen molar-refractivity contribution in [1.29, 1.82) is 0 Å². The third-order valence-electron chi connectivity index (χ3n) is 7.12. The van der Waals surface area contributed by atoms with E-state index < -0.39 is 34.1 Å². The summed E-state index contributed by atoms with van der Waals surface area (Å²) in [7, 11) is -4.24. The van der Waals surface area contributed by atoms with Crippen LogP contribution in [0.2, 0.25) is 10.0 Å². The normalized spacial score (nSPS) is 12.3. The molecule has 0 bridgehead atoms. The van der Waals surface area contributed by atoms with Gasteiger partial charge in [0, 0.05) is 28.5 Å². The summed E-state index contributed by atoms with van der Waals surface area (Å²) in [5.41, 5.74) is 1.73. The molecule has 4 aromatic carbocycles. The van der Waals surface area contributed by atoms with Crippen molar-refractivity contribution in [3.8, 4) is 0 Å². The first-order valence-corrected chi connectivity index (χ1v) is 16.7. The van der Waals surface area contributed by atoms with Crippen LogP contribution >= 0.6 is 23.2 Å². The van der Waals surface area contributed by atoms with Gasteiger partial charge in [-0.05, 0) is 74.7 Å².